The Morgan fingerprint density at radius 3 is 3.09 bits per heavy atom. The van der Waals surface area contributed by atoms with Crippen LogP contribution in [-0.4, -0.2) is 16.1 Å². The van der Waals surface area contributed by atoms with E-state index < -0.39 is 0 Å². The molecule has 0 aliphatic carbocycles. The summed E-state index contributed by atoms with van der Waals surface area (Å²) in [6.07, 6.45) is 3.02. The number of anilines is 1. The number of nitrogens with two attached hydrogens (primary N) is 1. The van der Waals surface area contributed by atoms with Crippen LogP contribution in [0.2, 0.25) is 0 Å². The van der Waals surface area contributed by atoms with Crippen LogP contribution in [0.4, 0.5) is 5.13 Å². The average molecular weight is 253 g/mol. The number of nitrogen functional groups attached to an aromatic ring is 1. The smallest absolute Gasteiger partial charge is 0.181 e. The van der Waals surface area contributed by atoms with Crippen molar-refractivity contribution in [1.29, 1.82) is 0 Å². The molecule has 0 amide bonds. The molecule has 1 aromatic heterocycles. The number of halogens is 1. The standard InChI is InChI=1S/C6H9BrN2S2/c7-2-1-3-10-5-4-9-6(8)11-5/h4H,1-3H2,(H2,8,9). The van der Waals surface area contributed by atoms with E-state index >= 15 is 0 Å². The lowest BCUT2D eigenvalue weighted by Gasteiger charge is -1.92. The zero-order chi connectivity index (χ0) is 8.10. The summed E-state index contributed by atoms with van der Waals surface area (Å²) in [6, 6.07) is 0. The highest BCUT2D eigenvalue weighted by Crippen LogP contribution is 2.26. The van der Waals surface area contributed by atoms with Gasteiger partial charge >= 0.3 is 0 Å². The van der Waals surface area contributed by atoms with E-state index in [1.165, 1.54) is 10.6 Å². The average Bonchev–Trinajstić information content (AvgIpc) is 2.37. The van der Waals surface area contributed by atoms with Crippen LogP contribution in [-0.2, 0) is 0 Å². The summed E-state index contributed by atoms with van der Waals surface area (Å²) in [5, 5.41) is 1.72. The van der Waals surface area contributed by atoms with Gasteiger partial charge in [-0.25, -0.2) is 4.98 Å². The first-order valence-corrected chi connectivity index (χ1v) is 6.15. The van der Waals surface area contributed by atoms with E-state index in [-0.39, 0.29) is 0 Å². The molecule has 1 aromatic rings. The van der Waals surface area contributed by atoms with Crippen LogP contribution >= 0.6 is 39.0 Å². The molecule has 1 rings (SSSR count). The topological polar surface area (TPSA) is 38.9 Å². The fourth-order valence-electron chi connectivity index (χ4n) is 0.566. The second-order valence-corrected chi connectivity index (χ2v) is 5.16. The number of rotatable bonds is 4. The Bertz CT molecular complexity index is 214. The van der Waals surface area contributed by atoms with Crippen LogP contribution in [0.1, 0.15) is 6.42 Å². The monoisotopic (exact) mass is 252 g/mol. The predicted molar refractivity (Wildman–Crippen MR) is 55.7 cm³/mol. The van der Waals surface area contributed by atoms with Gasteiger partial charge in [-0.1, -0.05) is 27.3 Å². The van der Waals surface area contributed by atoms with Crippen molar-refractivity contribution in [2.24, 2.45) is 0 Å². The molecule has 2 nitrogen and oxygen atoms in total. The maximum Gasteiger partial charge on any atom is 0.181 e. The number of aromatic nitrogens is 1. The molecule has 62 valence electrons. The van der Waals surface area contributed by atoms with E-state index in [2.05, 4.69) is 20.9 Å². The first kappa shape index (κ1) is 9.35. The molecular weight excluding hydrogens is 244 g/mol. The van der Waals surface area contributed by atoms with Crippen LogP contribution in [0, 0.1) is 0 Å². The molecule has 1 heterocycles. The molecule has 0 aliphatic heterocycles. The van der Waals surface area contributed by atoms with Gasteiger partial charge in [0.15, 0.2) is 5.13 Å². The van der Waals surface area contributed by atoms with Gasteiger partial charge in [-0.05, 0) is 12.2 Å². The number of hydrogen-bond acceptors (Lipinski definition) is 4. The fraction of sp³-hybridized carbons (Fsp3) is 0.500. The molecule has 0 saturated heterocycles. The highest BCUT2D eigenvalue weighted by Gasteiger charge is 1.97. The zero-order valence-corrected chi connectivity index (χ0v) is 9.14. The highest BCUT2D eigenvalue weighted by molar-refractivity contribution is 9.09. The van der Waals surface area contributed by atoms with E-state index in [0.29, 0.717) is 5.13 Å². The zero-order valence-electron chi connectivity index (χ0n) is 5.92. The lowest BCUT2D eigenvalue weighted by Crippen LogP contribution is -1.77. The maximum atomic E-state index is 5.47. The van der Waals surface area contributed by atoms with E-state index in [1.54, 1.807) is 11.3 Å². The Morgan fingerprint density at radius 1 is 1.73 bits per heavy atom. The Morgan fingerprint density at radius 2 is 2.55 bits per heavy atom. The highest BCUT2D eigenvalue weighted by atomic mass is 79.9. The number of thioether (sulfide) groups is 1. The van der Waals surface area contributed by atoms with Crippen molar-refractivity contribution < 1.29 is 0 Å². The minimum Gasteiger partial charge on any atom is -0.375 e. The van der Waals surface area contributed by atoms with Crippen molar-refractivity contribution in [2.45, 2.75) is 10.6 Å². The molecule has 2 N–H and O–H groups in total. The second kappa shape index (κ2) is 5.00. The van der Waals surface area contributed by atoms with Crippen LogP contribution in [0.25, 0.3) is 0 Å². The molecule has 0 fully saturated rings. The van der Waals surface area contributed by atoms with E-state index in [0.717, 1.165) is 11.1 Å². The molecule has 0 bridgehead atoms. The van der Waals surface area contributed by atoms with Crippen molar-refractivity contribution >= 4 is 44.2 Å². The summed E-state index contributed by atoms with van der Waals surface area (Å²) in [4.78, 5) is 3.96. The van der Waals surface area contributed by atoms with Crippen molar-refractivity contribution in [3.8, 4) is 0 Å². The van der Waals surface area contributed by atoms with Gasteiger partial charge in [0.1, 0.15) is 0 Å². The Labute approximate surface area is 82.7 Å². The summed E-state index contributed by atoms with van der Waals surface area (Å²) in [5.74, 6) is 1.13. The normalized spacial score (nSPS) is 10.3. The van der Waals surface area contributed by atoms with Gasteiger partial charge in [0.25, 0.3) is 0 Å². The minimum absolute atomic E-state index is 0.659. The van der Waals surface area contributed by atoms with E-state index in [1.807, 2.05) is 18.0 Å². The van der Waals surface area contributed by atoms with Gasteiger partial charge in [-0.15, -0.1) is 11.8 Å². The summed E-state index contributed by atoms with van der Waals surface area (Å²) >= 11 is 6.74. The first-order chi connectivity index (χ1) is 5.33. The number of alkyl halides is 1. The third kappa shape index (κ3) is 3.44. The number of hydrogen-bond donors (Lipinski definition) is 1. The van der Waals surface area contributed by atoms with Gasteiger partial charge in [0.05, 0.1) is 10.4 Å². The molecule has 0 unspecified atom stereocenters. The molecule has 5 heteroatoms. The molecule has 0 saturated carbocycles. The molecular formula is C6H9BrN2S2. The van der Waals surface area contributed by atoms with Crippen molar-refractivity contribution in [3.05, 3.63) is 6.20 Å². The minimum atomic E-state index is 0.659. The lowest BCUT2D eigenvalue weighted by atomic mass is 10.6. The first-order valence-electron chi connectivity index (χ1n) is 3.23. The van der Waals surface area contributed by atoms with Crippen LogP contribution in [0.15, 0.2) is 10.4 Å². The van der Waals surface area contributed by atoms with Gasteiger partial charge in [0, 0.05) is 5.33 Å². The molecule has 0 aromatic carbocycles. The van der Waals surface area contributed by atoms with Gasteiger partial charge < -0.3 is 5.73 Å². The SMILES string of the molecule is Nc1ncc(SCCCBr)s1. The van der Waals surface area contributed by atoms with Crippen molar-refractivity contribution in [2.75, 3.05) is 16.8 Å². The third-order valence-corrected chi connectivity index (χ3v) is 3.69. The van der Waals surface area contributed by atoms with E-state index in [9.17, 15) is 0 Å². The summed E-state index contributed by atoms with van der Waals surface area (Å²) in [5.41, 5.74) is 5.47. The van der Waals surface area contributed by atoms with Crippen molar-refractivity contribution in [1.82, 2.24) is 4.98 Å². The van der Waals surface area contributed by atoms with Crippen LogP contribution in [0.3, 0.4) is 0 Å². The maximum absolute atomic E-state index is 5.47. The number of nitrogens with zero attached hydrogens (tertiary/aromatic N) is 1. The summed E-state index contributed by atoms with van der Waals surface area (Å²) in [7, 11) is 0. The Kier molecular flexibility index (Phi) is 4.25. The third-order valence-electron chi connectivity index (χ3n) is 1.02. The molecule has 0 spiro atoms. The fourth-order valence-corrected chi connectivity index (χ4v) is 2.99. The quantitative estimate of drug-likeness (QED) is 0.509. The van der Waals surface area contributed by atoms with Gasteiger partial charge in [-0.3, -0.25) is 0 Å². The molecule has 11 heavy (non-hydrogen) atoms. The molecule has 0 aliphatic rings. The van der Waals surface area contributed by atoms with Gasteiger partial charge in [-0.2, -0.15) is 0 Å². The summed E-state index contributed by atoms with van der Waals surface area (Å²) in [6.45, 7) is 0. The Hall–Kier alpha value is 0.260. The predicted octanol–water partition coefficient (Wildman–Crippen LogP) is 2.60. The molecule has 0 atom stereocenters. The molecule has 0 radical (unpaired) electrons. The van der Waals surface area contributed by atoms with Crippen LogP contribution < -0.4 is 5.73 Å². The Balaban J connectivity index is 2.27. The second-order valence-electron chi connectivity index (χ2n) is 1.91. The summed E-state index contributed by atoms with van der Waals surface area (Å²) < 4.78 is 1.21. The largest absolute Gasteiger partial charge is 0.375 e. The number of thiazole rings is 1. The lowest BCUT2D eigenvalue weighted by molar-refractivity contribution is 1.14. The van der Waals surface area contributed by atoms with Crippen LogP contribution in [0.5, 0.6) is 0 Å². The van der Waals surface area contributed by atoms with E-state index in [4.69, 9.17) is 5.73 Å². The van der Waals surface area contributed by atoms with Crippen molar-refractivity contribution in [3.63, 3.8) is 0 Å². The van der Waals surface area contributed by atoms with Gasteiger partial charge in [0.2, 0.25) is 0 Å².